The number of aryl methyl sites for hydroxylation is 1. The molecule has 29 heavy (non-hydrogen) atoms. The summed E-state index contributed by atoms with van der Waals surface area (Å²) in [5, 5.41) is 8.43. The van der Waals surface area contributed by atoms with Gasteiger partial charge in [-0.1, -0.05) is 0 Å². The first-order valence-electron chi connectivity index (χ1n) is 9.17. The average Bonchev–Trinajstić information content (AvgIpc) is 3.09. The summed E-state index contributed by atoms with van der Waals surface area (Å²) in [5.74, 6) is 2.24. The first kappa shape index (κ1) is 20.8. The Balaban J connectivity index is 1.75. The summed E-state index contributed by atoms with van der Waals surface area (Å²) in [4.78, 5) is 1.21. The second-order valence-corrected chi connectivity index (χ2v) is 7.16. The summed E-state index contributed by atoms with van der Waals surface area (Å²) in [5.41, 5.74) is 3.16. The van der Waals surface area contributed by atoms with Gasteiger partial charge in [-0.15, -0.1) is 0 Å². The van der Waals surface area contributed by atoms with Gasteiger partial charge in [0.25, 0.3) is 0 Å². The number of quaternary nitrogens is 1. The third kappa shape index (κ3) is 4.57. The van der Waals surface area contributed by atoms with Crippen molar-refractivity contribution in [2.24, 2.45) is 0 Å². The molecule has 0 aliphatic rings. The molecular weight excluding hydrogens is 390 g/mol. The zero-order chi connectivity index (χ0) is 21.0. The number of nitrogens with zero attached hydrogens (tertiary/aromatic N) is 4. The van der Waals surface area contributed by atoms with Crippen LogP contribution in [-0.4, -0.2) is 48.2 Å². The fourth-order valence-electron chi connectivity index (χ4n) is 3.11. The van der Waals surface area contributed by atoms with E-state index in [-0.39, 0.29) is 0 Å². The molecule has 1 atom stereocenters. The molecule has 9 heteroatoms. The normalized spacial score (nSPS) is 11.9. The molecule has 154 valence electrons. The third-order valence-corrected chi connectivity index (χ3v) is 5.09. The monoisotopic (exact) mass is 416 g/mol. The molecule has 0 spiro atoms. The van der Waals surface area contributed by atoms with Crippen LogP contribution in [0.15, 0.2) is 36.4 Å². The molecule has 1 unspecified atom stereocenters. The molecule has 0 saturated heterocycles. The minimum Gasteiger partial charge on any atom is -0.497 e. The molecule has 3 aromatic rings. The van der Waals surface area contributed by atoms with Crippen molar-refractivity contribution < 1.29 is 19.1 Å². The van der Waals surface area contributed by atoms with Crippen LogP contribution in [0, 0.1) is 11.7 Å². The molecule has 3 rings (SSSR count). The van der Waals surface area contributed by atoms with Gasteiger partial charge in [0, 0.05) is 5.56 Å². The Kier molecular flexibility index (Phi) is 6.50. The number of ether oxygens (including phenoxy) is 3. The molecule has 2 aromatic carbocycles. The van der Waals surface area contributed by atoms with Crippen molar-refractivity contribution >= 4 is 12.2 Å². The van der Waals surface area contributed by atoms with Gasteiger partial charge < -0.3 is 19.1 Å². The largest absolute Gasteiger partial charge is 0.497 e. The number of benzene rings is 2. The van der Waals surface area contributed by atoms with Crippen LogP contribution in [0.25, 0.3) is 5.69 Å². The number of methoxy groups -OCH3 is 3. The molecule has 1 N–H and O–H groups in total. The molecule has 0 fully saturated rings. The summed E-state index contributed by atoms with van der Waals surface area (Å²) in [6.07, 6.45) is 0. The maximum Gasteiger partial charge on any atom is 0.225 e. The average molecular weight is 417 g/mol. The van der Waals surface area contributed by atoms with E-state index in [1.807, 2.05) is 36.4 Å². The summed E-state index contributed by atoms with van der Waals surface area (Å²) in [6, 6.07) is 11.5. The van der Waals surface area contributed by atoms with Gasteiger partial charge in [0.05, 0.1) is 34.1 Å². The fourth-order valence-corrected chi connectivity index (χ4v) is 3.35. The molecule has 8 nitrogen and oxygen atoms in total. The summed E-state index contributed by atoms with van der Waals surface area (Å²) < 4.78 is 19.9. The molecule has 0 aliphatic heterocycles. The Morgan fingerprint density at radius 1 is 0.966 bits per heavy atom. The van der Waals surface area contributed by atoms with Crippen LogP contribution < -0.4 is 19.1 Å². The maximum atomic E-state index is 5.57. The van der Waals surface area contributed by atoms with Crippen LogP contribution >= 0.6 is 12.2 Å². The highest BCUT2D eigenvalue weighted by atomic mass is 32.1. The quantitative estimate of drug-likeness (QED) is 0.565. The fraction of sp³-hybridized carbons (Fsp3) is 0.350. The van der Waals surface area contributed by atoms with Gasteiger partial charge in [-0.3, -0.25) is 0 Å². The zero-order valence-corrected chi connectivity index (χ0v) is 18.1. The molecule has 0 saturated carbocycles. The predicted octanol–water partition coefficient (Wildman–Crippen LogP) is 1.80. The first-order valence-corrected chi connectivity index (χ1v) is 9.57. The number of hydrogen-bond acceptors (Lipinski definition) is 6. The summed E-state index contributed by atoms with van der Waals surface area (Å²) >= 11 is 5.57. The number of nitrogens with one attached hydrogen (secondary N) is 1. The highest BCUT2D eigenvalue weighted by Gasteiger charge is 2.14. The van der Waals surface area contributed by atoms with Gasteiger partial charge in [0.1, 0.15) is 12.3 Å². The second kappa shape index (κ2) is 9.06. The lowest BCUT2D eigenvalue weighted by molar-refractivity contribution is -0.917. The minimum absolute atomic E-state index is 0.540. The molecular formula is C20H26N5O3S+. The van der Waals surface area contributed by atoms with E-state index in [2.05, 4.69) is 24.4 Å². The van der Waals surface area contributed by atoms with Crippen molar-refractivity contribution in [3.8, 4) is 22.9 Å². The van der Waals surface area contributed by atoms with E-state index in [9.17, 15) is 0 Å². The lowest BCUT2D eigenvalue weighted by Crippen LogP contribution is -3.07. The molecule has 0 amide bonds. The number of hydrogen-bond donors (Lipinski definition) is 1. The number of tetrazole rings is 1. The van der Waals surface area contributed by atoms with Gasteiger partial charge in [0.15, 0.2) is 18.2 Å². The molecule has 1 aromatic heterocycles. The third-order valence-electron chi connectivity index (χ3n) is 4.71. The Bertz CT molecular complexity index is 1030. The number of rotatable bonds is 8. The lowest BCUT2D eigenvalue weighted by atomic mass is 10.1. The van der Waals surface area contributed by atoms with Crippen molar-refractivity contribution in [1.29, 1.82) is 0 Å². The van der Waals surface area contributed by atoms with E-state index < -0.39 is 0 Å². The van der Waals surface area contributed by atoms with Gasteiger partial charge in [-0.25, -0.2) is 0 Å². The van der Waals surface area contributed by atoms with Crippen LogP contribution in [-0.2, 0) is 13.2 Å². The van der Waals surface area contributed by atoms with Crippen molar-refractivity contribution in [1.82, 2.24) is 19.8 Å². The van der Waals surface area contributed by atoms with Crippen molar-refractivity contribution in [3.63, 3.8) is 0 Å². The van der Waals surface area contributed by atoms with E-state index >= 15 is 0 Å². The maximum absolute atomic E-state index is 5.57. The SMILES string of the molecule is COc1ccc(-n2nnn(C[NH+](C)Cc3cc(OC)c(OC)cc3C)c2=S)cc1. The van der Waals surface area contributed by atoms with E-state index in [0.29, 0.717) is 11.4 Å². The molecule has 0 radical (unpaired) electrons. The van der Waals surface area contributed by atoms with Crippen LogP contribution in [0.1, 0.15) is 11.1 Å². The molecule has 1 heterocycles. The van der Waals surface area contributed by atoms with E-state index in [1.54, 1.807) is 30.7 Å². The summed E-state index contributed by atoms with van der Waals surface area (Å²) in [6.45, 7) is 3.43. The van der Waals surface area contributed by atoms with Crippen molar-refractivity contribution in [3.05, 3.63) is 52.3 Å². The predicted molar refractivity (Wildman–Crippen MR) is 112 cm³/mol. The van der Waals surface area contributed by atoms with Crippen LogP contribution in [0.5, 0.6) is 17.2 Å². The highest BCUT2D eigenvalue weighted by Crippen LogP contribution is 2.29. The van der Waals surface area contributed by atoms with E-state index in [0.717, 1.165) is 35.0 Å². The van der Waals surface area contributed by atoms with Crippen molar-refractivity contribution in [2.75, 3.05) is 28.4 Å². The second-order valence-electron chi connectivity index (χ2n) is 6.80. The first-order chi connectivity index (χ1) is 14.0. The van der Waals surface area contributed by atoms with Crippen LogP contribution in [0.3, 0.4) is 0 Å². The van der Waals surface area contributed by atoms with Gasteiger partial charge in [-0.2, -0.15) is 9.36 Å². The van der Waals surface area contributed by atoms with Gasteiger partial charge >= 0.3 is 0 Å². The smallest absolute Gasteiger partial charge is 0.225 e. The zero-order valence-electron chi connectivity index (χ0n) is 17.3. The standard InChI is InChI=1S/C20H25N5O3S/c1-14-10-18(27-4)19(28-5)11-15(14)12-23(2)13-24-20(29)25(22-21-24)16-6-8-17(26-3)9-7-16/h6-11H,12-13H2,1-5H3/p+1. The molecule has 0 aliphatic carbocycles. The summed E-state index contributed by atoms with van der Waals surface area (Å²) in [7, 11) is 7.01. The molecule has 0 bridgehead atoms. The van der Waals surface area contributed by atoms with Crippen molar-refractivity contribution in [2.45, 2.75) is 20.1 Å². The van der Waals surface area contributed by atoms with Gasteiger partial charge in [-0.05, 0) is 71.5 Å². The Morgan fingerprint density at radius 3 is 2.24 bits per heavy atom. The lowest BCUT2D eigenvalue weighted by Gasteiger charge is -2.17. The Labute approximate surface area is 175 Å². The van der Waals surface area contributed by atoms with E-state index in [4.69, 9.17) is 26.4 Å². The van der Waals surface area contributed by atoms with Gasteiger partial charge in [0.2, 0.25) is 4.77 Å². The Hall–Kier alpha value is -2.91. The Morgan fingerprint density at radius 2 is 1.62 bits per heavy atom. The highest BCUT2D eigenvalue weighted by molar-refractivity contribution is 7.71. The van der Waals surface area contributed by atoms with Crippen LogP contribution in [0.4, 0.5) is 0 Å². The van der Waals surface area contributed by atoms with Crippen LogP contribution in [0.2, 0.25) is 0 Å². The number of aromatic nitrogens is 4. The topological polar surface area (TPSA) is 67.8 Å². The van der Waals surface area contributed by atoms with E-state index in [1.165, 1.54) is 10.5 Å². The minimum atomic E-state index is 0.540.